The monoisotopic (exact) mass is 810 g/mol. The Kier molecular flexibility index (Phi) is 10.5. The van der Waals surface area contributed by atoms with Gasteiger partial charge in [-0.25, -0.2) is 14.5 Å². The van der Waals surface area contributed by atoms with Crippen LogP contribution in [-0.4, -0.2) is 117 Å². The van der Waals surface area contributed by atoms with Gasteiger partial charge in [-0.3, -0.25) is 14.5 Å². The number of carbonyl (C=O) groups is 4. The van der Waals surface area contributed by atoms with Gasteiger partial charge in [-0.1, -0.05) is 24.8 Å². The standard InChI is InChI=1S/C43H46N4O12/c1-5-13-59-42(53)45-23-27-16-26(25-7-9-28(54-2)10-8-25)22-44(27)38(48)29-17-34(55-3)36(19-31(29)45)57-14-6-15-58-37-20-32-30(18-35(37)56-4)39(49)46-24-43(11-12-43)21-33(46)40(50)47(32)41(51)52/h5,7-10,17-20,22,27,33,40,50H,1,6,11-16,21,23-24H2,2-4H3,(H,51,52)/t27-,33-,40?/m0/s1. The number of benzene rings is 3. The molecule has 1 unspecified atom stereocenters. The third kappa shape index (κ3) is 7.21. The number of ether oxygens (including phenoxy) is 6. The number of nitrogens with zero attached hydrogens (tertiary/aromatic N) is 4. The summed E-state index contributed by atoms with van der Waals surface area (Å²) < 4.78 is 34.2. The van der Waals surface area contributed by atoms with Crippen molar-refractivity contribution in [3.63, 3.8) is 0 Å². The van der Waals surface area contributed by atoms with E-state index in [0.717, 1.165) is 28.9 Å². The van der Waals surface area contributed by atoms with E-state index < -0.39 is 24.5 Å². The molecule has 3 aromatic rings. The van der Waals surface area contributed by atoms with Gasteiger partial charge in [0.25, 0.3) is 11.8 Å². The molecule has 8 rings (SSSR count). The lowest BCUT2D eigenvalue weighted by atomic mass is 10.0. The fourth-order valence-electron chi connectivity index (χ4n) is 8.52. The first-order valence-corrected chi connectivity index (χ1v) is 19.4. The third-order valence-electron chi connectivity index (χ3n) is 11.7. The molecule has 0 bridgehead atoms. The lowest BCUT2D eigenvalue weighted by Crippen LogP contribution is -2.50. The summed E-state index contributed by atoms with van der Waals surface area (Å²) in [6.07, 6.45) is 3.01. The van der Waals surface area contributed by atoms with Crippen molar-refractivity contribution >= 4 is 40.9 Å². The van der Waals surface area contributed by atoms with Gasteiger partial charge < -0.3 is 48.4 Å². The van der Waals surface area contributed by atoms with Crippen LogP contribution in [0.4, 0.5) is 21.0 Å². The van der Waals surface area contributed by atoms with E-state index in [9.17, 15) is 29.4 Å². The molecule has 59 heavy (non-hydrogen) atoms. The molecule has 5 aliphatic rings. The number of hydrogen-bond donors (Lipinski definition) is 2. The Hall–Kier alpha value is -6.42. The summed E-state index contributed by atoms with van der Waals surface area (Å²) in [7, 11) is 4.48. The normalized spacial score (nSPS) is 21.0. The van der Waals surface area contributed by atoms with Crippen LogP contribution in [0.25, 0.3) is 5.57 Å². The second kappa shape index (κ2) is 15.7. The van der Waals surface area contributed by atoms with E-state index in [-0.39, 0.29) is 89.4 Å². The fourth-order valence-corrected chi connectivity index (χ4v) is 8.52. The summed E-state index contributed by atoms with van der Waals surface area (Å²) in [5.74, 6) is 0.981. The minimum absolute atomic E-state index is 0.00893. The van der Waals surface area contributed by atoms with Gasteiger partial charge in [0, 0.05) is 31.3 Å². The maximum atomic E-state index is 14.2. The van der Waals surface area contributed by atoms with E-state index in [1.54, 1.807) is 29.0 Å². The van der Waals surface area contributed by atoms with Crippen LogP contribution >= 0.6 is 0 Å². The fraction of sp³-hybridized carbons (Fsp3) is 0.395. The number of amides is 4. The summed E-state index contributed by atoms with van der Waals surface area (Å²) in [5, 5.41) is 21.5. The summed E-state index contributed by atoms with van der Waals surface area (Å²) in [6, 6.07) is 12.5. The molecule has 310 valence electrons. The summed E-state index contributed by atoms with van der Waals surface area (Å²) in [6.45, 7) is 4.43. The molecule has 1 saturated heterocycles. The van der Waals surface area contributed by atoms with Crippen LogP contribution in [0.15, 0.2) is 67.4 Å². The minimum atomic E-state index is -1.46. The molecule has 4 heterocycles. The highest BCUT2D eigenvalue weighted by atomic mass is 16.6. The number of aliphatic hydroxyl groups excluding tert-OH is 1. The first kappa shape index (κ1) is 39.4. The zero-order chi connectivity index (χ0) is 41.6. The van der Waals surface area contributed by atoms with Crippen LogP contribution in [0.3, 0.4) is 0 Å². The van der Waals surface area contributed by atoms with Crippen molar-refractivity contribution in [2.75, 3.05) is 64.0 Å². The molecule has 0 radical (unpaired) electrons. The Labute approximate surface area is 340 Å². The Bertz CT molecular complexity index is 2220. The van der Waals surface area contributed by atoms with E-state index in [0.29, 0.717) is 37.2 Å². The number of carbonyl (C=O) groups excluding carboxylic acids is 3. The quantitative estimate of drug-likeness (QED) is 0.167. The summed E-state index contributed by atoms with van der Waals surface area (Å²) in [4.78, 5) is 59.6. The maximum Gasteiger partial charge on any atom is 0.414 e. The predicted octanol–water partition coefficient (Wildman–Crippen LogP) is 5.77. The molecule has 16 heteroatoms. The van der Waals surface area contributed by atoms with Crippen molar-refractivity contribution in [2.45, 2.75) is 50.4 Å². The Morgan fingerprint density at radius 3 is 2.12 bits per heavy atom. The van der Waals surface area contributed by atoms with Gasteiger partial charge in [0.1, 0.15) is 12.4 Å². The SMILES string of the molecule is C=CCOC(=O)N1C[C@@H]2CC(c3ccc(OC)cc3)=CN2C(=O)c2cc(OC)c(OCCCOc3cc4c(cc3OC)C(=O)N3CC5(CC5)C[C@H]3C(O)N4C(=O)O)cc21. The van der Waals surface area contributed by atoms with Crippen LogP contribution in [0.1, 0.15) is 58.4 Å². The smallest absolute Gasteiger partial charge is 0.414 e. The van der Waals surface area contributed by atoms with E-state index in [2.05, 4.69) is 6.58 Å². The molecular weight excluding hydrogens is 764 g/mol. The van der Waals surface area contributed by atoms with Crippen molar-refractivity contribution in [1.82, 2.24) is 9.80 Å². The Balaban J connectivity index is 0.999. The van der Waals surface area contributed by atoms with Gasteiger partial charge in [0.15, 0.2) is 29.2 Å². The van der Waals surface area contributed by atoms with Gasteiger partial charge in [-0.05, 0) is 66.5 Å². The maximum absolute atomic E-state index is 14.2. The summed E-state index contributed by atoms with van der Waals surface area (Å²) in [5.41, 5.74) is 2.44. The number of fused-ring (bicyclic) bond motifs is 4. The van der Waals surface area contributed by atoms with Crippen molar-refractivity contribution < 1.29 is 57.8 Å². The van der Waals surface area contributed by atoms with Crippen LogP contribution < -0.4 is 33.5 Å². The molecule has 3 atom stereocenters. The number of methoxy groups -OCH3 is 3. The molecule has 2 fully saturated rings. The topological polar surface area (TPSA) is 177 Å². The highest BCUT2D eigenvalue weighted by molar-refractivity contribution is 6.07. The molecule has 16 nitrogen and oxygen atoms in total. The molecule has 3 aromatic carbocycles. The number of anilines is 2. The first-order valence-electron chi connectivity index (χ1n) is 19.4. The highest BCUT2D eigenvalue weighted by Crippen LogP contribution is 2.57. The molecule has 2 N–H and O–H groups in total. The van der Waals surface area contributed by atoms with Crippen LogP contribution in [-0.2, 0) is 4.74 Å². The molecule has 4 amide bonds. The van der Waals surface area contributed by atoms with Crippen molar-refractivity contribution in [3.05, 3.63) is 84.1 Å². The second-order valence-electron chi connectivity index (χ2n) is 15.3. The van der Waals surface area contributed by atoms with Crippen LogP contribution in [0.5, 0.6) is 28.7 Å². The van der Waals surface area contributed by atoms with Gasteiger partial charge in [0.2, 0.25) is 0 Å². The van der Waals surface area contributed by atoms with E-state index in [4.69, 9.17) is 28.4 Å². The minimum Gasteiger partial charge on any atom is -0.497 e. The second-order valence-corrected chi connectivity index (χ2v) is 15.3. The van der Waals surface area contributed by atoms with Crippen molar-refractivity contribution in [2.24, 2.45) is 5.41 Å². The predicted molar refractivity (Wildman–Crippen MR) is 214 cm³/mol. The molecule has 0 aromatic heterocycles. The molecule has 1 aliphatic carbocycles. The van der Waals surface area contributed by atoms with Crippen molar-refractivity contribution in [3.8, 4) is 28.7 Å². The van der Waals surface area contributed by atoms with Crippen molar-refractivity contribution in [1.29, 1.82) is 0 Å². The zero-order valence-corrected chi connectivity index (χ0v) is 33.0. The number of hydrogen-bond acceptors (Lipinski definition) is 11. The van der Waals surface area contributed by atoms with E-state index in [1.165, 1.54) is 37.3 Å². The van der Waals surface area contributed by atoms with E-state index in [1.807, 2.05) is 30.5 Å². The van der Waals surface area contributed by atoms with Gasteiger partial charge >= 0.3 is 12.2 Å². The average Bonchev–Trinajstić information content (AvgIpc) is 3.75. The Morgan fingerprint density at radius 1 is 0.881 bits per heavy atom. The van der Waals surface area contributed by atoms with Gasteiger partial charge in [-0.2, -0.15) is 0 Å². The average molecular weight is 811 g/mol. The number of aliphatic hydroxyl groups is 1. The highest BCUT2D eigenvalue weighted by Gasteiger charge is 2.58. The largest absolute Gasteiger partial charge is 0.497 e. The molecule has 1 saturated carbocycles. The number of carboxylic acid groups (broad SMARTS) is 1. The lowest BCUT2D eigenvalue weighted by molar-refractivity contribution is 0.0510. The van der Waals surface area contributed by atoms with Gasteiger partial charge in [-0.15, -0.1) is 0 Å². The lowest BCUT2D eigenvalue weighted by Gasteiger charge is -2.30. The number of rotatable bonds is 12. The summed E-state index contributed by atoms with van der Waals surface area (Å²) >= 11 is 0. The zero-order valence-electron chi connectivity index (χ0n) is 33.0. The van der Waals surface area contributed by atoms with Crippen LogP contribution in [0, 0.1) is 5.41 Å². The van der Waals surface area contributed by atoms with E-state index >= 15 is 0 Å². The van der Waals surface area contributed by atoms with Crippen LogP contribution in [0.2, 0.25) is 0 Å². The third-order valence-corrected chi connectivity index (χ3v) is 11.7. The molecule has 1 spiro atoms. The molecule has 4 aliphatic heterocycles. The molecular formula is C43H46N4O12. The van der Waals surface area contributed by atoms with Gasteiger partial charge in [0.05, 0.1) is 75.7 Å². The Morgan fingerprint density at radius 2 is 1.53 bits per heavy atom. The first-order chi connectivity index (χ1) is 28.5.